The number of anilines is 3. The number of hydrogen-bond acceptors (Lipinski definition) is 6. The summed E-state index contributed by atoms with van der Waals surface area (Å²) in [5, 5.41) is 3.81. The molecule has 0 unspecified atom stereocenters. The van der Waals surface area contributed by atoms with Crippen LogP contribution in [-0.4, -0.2) is 44.7 Å². The number of benzene rings is 2. The molecule has 1 N–H and O–H groups in total. The Morgan fingerprint density at radius 2 is 1.97 bits per heavy atom. The highest BCUT2D eigenvalue weighted by molar-refractivity contribution is 7.22. The van der Waals surface area contributed by atoms with E-state index in [2.05, 4.69) is 41.2 Å². The highest BCUT2D eigenvalue weighted by Gasteiger charge is 2.15. The number of nitrogens with one attached hydrogen (secondary N) is 1. The van der Waals surface area contributed by atoms with Crippen LogP contribution in [0.15, 0.2) is 36.4 Å². The third-order valence-corrected chi connectivity index (χ3v) is 6.05. The average molecular weight is 413 g/mol. The largest absolute Gasteiger partial charge is 0.494 e. The van der Waals surface area contributed by atoms with Crippen molar-refractivity contribution in [1.82, 2.24) is 4.98 Å². The molecular formula is C22H28N4O2S. The minimum absolute atomic E-state index is 0.0718. The van der Waals surface area contributed by atoms with Crippen molar-refractivity contribution >= 4 is 44.0 Å². The molecule has 0 saturated carbocycles. The third-order valence-electron chi connectivity index (χ3n) is 4.91. The summed E-state index contributed by atoms with van der Waals surface area (Å²) in [7, 11) is 3.51. The van der Waals surface area contributed by atoms with Crippen LogP contribution < -0.4 is 19.9 Å². The second-order valence-corrected chi connectivity index (χ2v) is 7.89. The normalized spacial score (nSPS) is 10.8. The maximum absolute atomic E-state index is 12.6. The summed E-state index contributed by atoms with van der Waals surface area (Å²) in [6.07, 6.45) is 0. The number of para-hydroxylation sites is 1. The maximum Gasteiger partial charge on any atom is 0.243 e. The number of ether oxygens (including phenoxy) is 1. The first-order chi connectivity index (χ1) is 14.0. The van der Waals surface area contributed by atoms with Gasteiger partial charge in [0.25, 0.3) is 0 Å². The van der Waals surface area contributed by atoms with Gasteiger partial charge in [-0.25, -0.2) is 4.98 Å². The number of hydrogen-bond donors (Lipinski definition) is 1. The maximum atomic E-state index is 12.6. The molecule has 0 bridgehead atoms. The van der Waals surface area contributed by atoms with Gasteiger partial charge in [0.1, 0.15) is 11.3 Å². The fourth-order valence-electron chi connectivity index (χ4n) is 3.29. The van der Waals surface area contributed by atoms with Gasteiger partial charge in [0, 0.05) is 31.5 Å². The number of rotatable bonds is 8. The zero-order chi connectivity index (χ0) is 21.0. The van der Waals surface area contributed by atoms with Gasteiger partial charge in [-0.15, -0.1) is 0 Å². The minimum Gasteiger partial charge on any atom is -0.494 e. The van der Waals surface area contributed by atoms with Gasteiger partial charge in [-0.2, -0.15) is 0 Å². The molecule has 154 valence electrons. The summed E-state index contributed by atoms with van der Waals surface area (Å²) in [4.78, 5) is 21.4. The van der Waals surface area contributed by atoms with Crippen LogP contribution in [0.25, 0.3) is 10.2 Å². The summed E-state index contributed by atoms with van der Waals surface area (Å²) in [5.41, 5.74) is 3.89. The number of methoxy groups -OCH3 is 1. The van der Waals surface area contributed by atoms with E-state index < -0.39 is 0 Å². The van der Waals surface area contributed by atoms with Crippen molar-refractivity contribution in [2.45, 2.75) is 20.8 Å². The van der Waals surface area contributed by atoms with Crippen molar-refractivity contribution in [3.8, 4) is 5.75 Å². The van der Waals surface area contributed by atoms with E-state index in [1.54, 1.807) is 18.4 Å². The van der Waals surface area contributed by atoms with E-state index in [4.69, 9.17) is 4.74 Å². The molecule has 3 aromatic rings. The SMILES string of the molecule is CCN(CC)c1ccc(NC(=O)CN(C)c2nc3c(OC)cccc3s2)c(C)c1. The molecule has 29 heavy (non-hydrogen) atoms. The molecule has 3 rings (SSSR count). The molecule has 0 aliphatic rings. The van der Waals surface area contributed by atoms with E-state index in [9.17, 15) is 4.79 Å². The predicted molar refractivity (Wildman–Crippen MR) is 123 cm³/mol. The van der Waals surface area contributed by atoms with Crippen molar-refractivity contribution in [1.29, 1.82) is 0 Å². The Balaban J connectivity index is 1.69. The van der Waals surface area contributed by atoms with Crippen LogP contribution >= 0.6 is 11.3 Å². The highest BCUT2D eigenvalue weighted by atomic mass is 32.1. The lowest BCUT2D eigenvalue weighted by atomic mass is 10.1. The molecule has 0 atom stereocenters. The number of amides is 1. The molecule has 1 heterocycles. The molecule has 0 aliphatic heterocycles. The molecular weight excluding hydrogens is 384 g/mol. The Labute approximate surface area is 176 Å². The molecule has 0 radical (unpaired) electrons. The molecule has 1 aromatic heterocycles. The van der Waals surface area contributed by atoms with Crippen LogP contribution in [0.5, 0.6) is 5.75 Å². The number of aromatic nitrogens is 1. The molecule has 1 amide bonds. The zero-order valence-electron chi connectivity index (χ0n) is 17.7. The molecule has 6 nitrogen and oxygen atoms in total. The van der Waals surface area contributed by atoms with E-state index in [-0.39, 0.29) is 12.5 Å². The number of carbonyl (C=O) groups is 1. The Morgan fingerprint density at radius 3 is 2.62 bits per heavy atom. The van der Waals surface area contributed by atoms with E-state index in [1.807, 2.05) is 43.1 Å². The van der Waals surface area contributed by atoms with Crippen LogP contribution in [0, 0.1) is 6.92 Å². The van der Waals surface area contributed by atoms with Gasteiger partial charge in [-0.1, -0.05) is 17.4 Å². The summed E-state index contributed by atoms with van der Waals surface area (Å²) in [6, 6.07) is 12.0. The molecule has 0 spiro atoms. The Morgan fingerprint density at radius 1 is 1.21 bits per heavy atom. The second kappa shape index (κ2) is 9.13. The average Bonchev–Trinajstić information content (AvgIpc) is 3.15. The monoisotopic (exact) mass is 412 g/mol. The molecule has 0 fully saturated rings. The number of carbonyl (C=O) groups excluding carboxylic acids is 1. The lowest BCUT2D eigenvalue weighted by Gasteiger charge is -2.22. The van der Waals surface area contributed by atoms with Gasteiger partial charge in [-0.3, -0.25) is 4.79 Å². The second-order valence-electron chi connectivity index (χ2n) is 6.88. The summed E-state index contributed by atoms with van der Waals surface area (Å²) in [6.45, 7) is 8.44. The first-order valence-corrected chi connectivity index (χ1v) is 10.6. The fourth-order valence-corrected chi connectivity index (χ4v) is 4.23. The van der Waals surface area contributed by atoms with Gasteiger partial charge in [0.05, 0.1) is 18.4 Å². The topological polar surface area (TPSA) is 57.7 Å². The lowest BCUT2D eigenvalue weighted by Crippen LogP contribution is -2.30. The van der Waals surface area contributed by atoms with Crippen LogP contribution in [0.2, 0.25) is 0 Å². The molecule has 0 saturated heterocycles. The van der Waals surface area contributed by atoms with Crippen LogP contribution in [0.3, 0.4) is 0 Å². The standard InChI is InChI=1S/C22H28N4O2S/c1-6-26(7-2)16-11-12-17(15(3)13-16)23-20(27)14-25(4)22-24-21-18(28-5)9-8-10-19(21)29-22/h8-13H,6-7,14H2,1-5H3,(H,23,27). The summed E-state index contributed by atoms with van der Waals surface area (Å²) in [5.74, 6) is 0.671. The zero-order valence-corrected chi connectivity index (χ0v) is 18.5. The van der Waals surface area contributed by atoms with Crippen LogP contribution in [0.1, 0.15) is 19.4 Å². The van der Waals surface area contributed by atoms with Crippen molar-refractivity contribution < 1.29 is 9.53 Å². The first kappa shape index (κ1) is 20.9. The Kier molecular flexibility index (Phi) is 6.59. The minimum atomic E-state index is -0.0718. The molecule has 2 aromatic carbocycles. The predicted octanol–water partition coefficient (Wildman–Crippen LogP) is 4.53. The van der Waals surface area contributed by atoms with Crippen molar-refractivity contribution in [3.63, 3.8) is 0 Å². The van der Waals surface area contributed by atoms with Crippen LogP contribution in [-0.2, 0) is 4.79 Å². The van der Waals surface area contributed by atoms with Crippen molar-refractivity contribution in [2.24, 2.45) is 0 Å². The van der Waals surface area contributed by atoms with Gasteiger partial charge < -0.3 is 19.9 Å². The van der Waals surface area contributed by atoms with E-state index in [0.717, 1.165) is 45.4 Å². The molecule has 7 heteroatoms. The van der Waals surface area contributed by atoms with Crippen molar-refractivity contribution in [2.75, 3.05) is 48.9 Å². The first-order valence-electron chi connectivity index (χ1n) is 9.76. The van der Waals surface area contributed by atoms with Crippen LogP contribution in [0.4, 0.5) is 16.5 Å². The third kappa shape index (κ3) is 4.62. The van der Waals surface area contributed by atoms with Crippen molar-refractivity contribution in [3.05, 3.63) is 42.0 Å². The fraction of sp³-hybridized carbons (Fsp3) is 0.364. The highest BCUT2D eigenvalue weighted by Crippen LogP contribution is 2.33. The Bertz CT molecular complexity index is 998. The number of thiazole rings is 1. The summed E-state index contributed by atoms with van der Waals surface area (Å²) < 4.78 is 6.42. The van der Waals surface area contributed by atoms with Gasteiger partial charge >= 0.3 is 0 Å². The number of nitrogens with zero attached hydrogens (tertiary/aromatic N) is 3. The number of aryl methyl sites for hydroxylation is 1. The van der Waals surface area contributed by atoms with Gasteiger partial charge in [0.15, 0.2) is 5.13 Å². The van der Waals surface area contributed by atoms with E-state index in [1.165, 1.54) is 5.69 Å². The smallest absolute Gasteiger partial charge is 0.243 e. The van der Waals surface area contributed by atoms with Gasteiger partial charge in [-0.05, 0) is 56.7 Å². The van der Waals surface area contributed by atoms with Gasteiger partial charge in [0.2, 0.25) is 5.91 Å². The number of likely N-dealkylation sites (N-methyl/N-ethyl adjacent to an activating group) is 1. The lowest BCUT2D eigenvalue weighted by molar-refractivity contribution is -0.114. The van der Waals surface area contributed by atoms with E-state index >= 15 is 0 Å². The quantitative estimate of drug-likeness (QED) is 0.589. The number of fused-ring (bicyclic) bond motifs is 1. The Hall–Kier alpha value is -2.80. The molecule has 0 aliphatic carbocycles. The summed E-state index contributed by atoms with van der Waals surface area (Å²) >= 11 is 1.55. The van der Waals surface area contributed by atoms with E-state index in [0.29, 0.717) is 0 Å².